The third-order valence-corrected chi connectivity index (χ3v) is 4.25. The lowest BCUT2D eigenvalue weighted by Crippen LogP contribution is -2.50. The topological polar surface area (TPSA) is 72.0 Å². The van der Waals surface area contributed by atoms with Crippen molar-refractivity contribution >= 4 is 35.8 Å². The number of guanidine groups is 1. The van der Waals surface area contributed by atoms with Crippen molar-refractivity contribution in [2.24, 2.45) is 10.9 Å². The molecule has 0 spiro atoms. The van der Waals surface area contributed by atoms with Crippen LogP contribution >= 0.6 is 24.0 Å². The van der Waals surface area contributed by atoms with Gasteiger partial charge in [0, 0.05) is 51.9 Å². The van der Waals surface area contributed by atoms with Gasteiger partial charge >= 0.3 is 0 Å². The maximum atomic E-state index is 11.9. The van der Waals surface area contributed by atoms with Gasteiger partial charge in [0.25, 0.3) is 0 Å². The average Bonchev–Trinajstić information content (AvgIpc) is 2.54. The first-order valence-corrected chi connectivity index (χ1v) is 9.43. The van der Waals surface area contributed by atoms with Gasteiger partial charge in [-0.1, -0.05) is 13.8 Å². The predicted molar refractivity (Wildman–Crippen MR) is 120 cm³/mol. The summed E-state index contributed by atoms with van der Waals surface area (Å²) in [6.07, 6.45) is 0. The second kappa shape index (κ2) is 12.7. The van der Waals surface area contributed by atoms with Crippen LogP contribution in [0.15, 0.2) is 4.99 Å². The molecule has 1 amide bonds. The van der Waals surface area contributed by atoms with E-state index in [2.05, 4.69) is 44.6 Å². The zero-order valence-corrected chi connectivity index (χ0v) is 19.7. The molecule has 0 aromatic carbocycles. The van der Waals surface area contributed by atoms with Gasteiger partial charge in [-0.25, -0.2) is 0 Å². The van der Waals surface area contributed by atoms with Crippen LogP contribution in [0, 0.1) is 5.92 Å². The lowest BCUT2D eigenvalue weighted by atomic mass is 10.1. The molecule has 0 saturated carbocycles. The number of piperazine rings is 1. The molecule has 0 aliphatic carbocycles. The van der Waals surface area contributed by atoms with Crippen LogP contribution in [0.25, 0.3) is 0 Å². The van der Waals surface area contributed by atoms with Crippen LogP contribution in [0.5, 0.6) is 0 Å². The van der Waals surface area contributed by atoms with Crippen molar-refractivity contribution in [3.63, 3.8) is 0 Å². The molecule has 1 aliphatic rings. The Labute approximate surface area is 176 Å². The van der Waals surface area contributed by atoms with Crippen LogP contribution in [-0.2, 0) is 4.79 Å². The molecule has 0 radical (unpaired) electrons. The number of nitrogens with one attached hydrogen (secondary N) is 3. The lowest BCUT2D eigenvalue weighted by Gasteiger charge is -2.35. The van der Waals surface area contributed by atoms with Crippen molar-refractivity contribution in [2.45, 2.75) is 40.2 Å². The first-order valence-electron chi connectivity index (χ1n) is 9.43. The van der Waals surface area contributed by atoms with Crippen LogP contribution in [0.1, 0.15) is 34.6 Å². The minimum atomic E-state index is -0.216. The van der Waals surface area contributed by atoms with Crippen molar-refractivity contribution in [2.75, 3.05) is 59.4 Å². The van der Waals surface area contributed by atoms with Crippen molar-refractivity contribution in [3.05, 3.63) is 0 Å². The Morgan fingerprint density at radius 2 is 1.69 bits per heavy atom. The minimum absolute atomic E-state index is 0. The normalized spacial score (nSPS) is 18.0. The second-order valence-corrected chi connectivity index (χ2v) is 7.94. The summed E-state index contributed by atoms with van der Waals surface area (Å²) in [7, 11) is 1.73. The van der Waals surface area contributed by atoms with E-state index >= 15 is 0 Å². The number of nitrogens with zero attached hydrogens (tertiary/aromatic N) is 3. The highest BCUT2D eigenvalue weighted by Gasteiger charge is 2.18. The summed E-state index contributed by atoms with van der Waals surface area (Å²) >= 11 is 0. The van der Waals surface area contributed by atoms with E-state index in [4.69, 9.17) is 0 Å². The maximum Gasteiger partial charge on any atom is 0.239 e. The number of carbonyl (C=O) groups excluding carboxylic acids is 1. The van der Waals surface area contributed by atoms with E-state index in [0.29, 0.717) is 11.9 Å². The molecular formula is C18H39IN6O. The van der Waals surface area contributed by atoms with Gasteiger partial charge in [0.05, 0.1) is 6.54 Å². The van der Waals surface area contributed by atoms with Crippen LogP contribution in [-0.4, -0.2) is 86.6 Å². The van der Waals surface area contributed by atoms with Gasteiger partial charge in [0.2, 0.25) is 5.91 Å². The van der Waals surface area contributed by atoms with Gasteiger partial charge in [-0.3, -0.25) is 9.79 Å². The van der Waals surface area contributed by atoms with Gasteiger partial charge in [0.15, 0.2) is 5.96 Å². The fraction of sp³-hybridized carbons (Fsp3) is 0.889. The SMILES string of the molecule is CCN1CCN(CC(C)CNC(=NC)NCC(=O)NC(C)(C)C)CC1.I. The van der Waals surface area contributed by atoms with E-state index in [1.165, 1.54) is 13.1 Å². The highest BCUT2D eigenvalue weighted by molar-refractivity contribution is 14.0. The molecule has 1 unspecified atom stereocenters. The summed E-state index contributed by atoms with van der Waals surface area (Å²) in [5.41, 5.74) is -0.216. The summed E-state index contributed by atoms with van der Waals surface area (Å²) in [5.74, 6) is 1.17. The molecule has 8 heteroatoms. The first kappa shape index (κ1) is 25.4. The van der Waals surface area contributed by atoms with E-state index in [1.54, 1.807) is 7.05 Å². The quantitative estimate of drug-likeness (QED) is 0.287. The summed E-state index contributed by atoms with van der Waals surface area (Å²) in [6.45, 7) is 18.3. The van der Waals surface area contributed by atoms with Gasteiger partial charge in [-0.2, -0.15) is 0 Å². The van der Waals surface area contributed by atoms with E-state index in [0.717, 1.165) is 32.7 Å². The molecular weight excluding hydrogens is 443 g/mol. The molecule has 1 saturated heterocycles. The zero-order valence-electron chi connectivity index (χ0n) is 17.4. The van der Waals surface area contributed by atoms with Gasteiger partial charge in [0.1, 0.15) is 0 Å². The van der Waals surface area contributed by atoms with Crippen molar-refractivity contribution < 1.29 is 4.79 Å². The number of aliphatic imine (C=N–C) groups is 1. The summed E-state index contributed by atoms with van der Waals surface area (Å²) in [4.78, 5) is 21.1. The molecule has 3 N–H and O–H groups in total. The fourth-order valence-corrected chi connectivity index (χ4v) is 2.91. The molecule has 1 heterocycles. The van der Waals surface area contributed by atoms with Crippen LogP contribution < -0.4 is 16.0 Å². The Bertz CT molecular complexity index is 430. The summed E-state index contributed by atoms with van der Waals surface area (Å²) in [5, 5.41) is 9.32. The number of likely N-dealkylation sites (N-methyl/N-ethyl adjacent to an activating group) is 1. The molecule has 0 bridgehead atoms. The molecule has 154 valence electrons. The van der Waals surface area contributed by atoms with Crippen LogP contribution in [0.3, 0.4) is 0 Å². The molecule has 1 rings (SSSR count). The summed E-state index contributed by atoms with van der Waals surface area (Å²) < 4.78 is 0. The highest BCUT2D eigenvalue weighted by Crippen LogP contribution is 2.05. The van der Waals surface area contributed by atoms with E-state index in [-0.39, 0.29) is 42.0 Å². The second-order valence-electron chi connectivity index (χ2n) is 7.94. The number of halogens is 1. The maximum absolute atomic E-state index is 11.9. The van der Waals surface area contributed by atoms with Crippen molar-refractivity contribution in [3.8, 4) is 0 Å². The van der Waals surface area contributed by atoms with E-state index in [9.17, 15) is 4.79 Å². The number of amides is 1. The van der Waals surface area contributed by atoms with Crippen molar-refractivity contribution in [1.29, 1.82) is 0 Å². The Morgan fingerprint density at radius 1 is 1.12 bits per heavy atom. The predicted octanol–water partition coefficient (Wildman–Crippen LogP) is 0.958. The third-order valence-electron chi connectivity index (χ3n) is 4.25. The van der Waals surface area contributed by atoms with Crippen molar-refractivity contribution in [1.82, 2.24) is 25.8 Å². The Balaban J connectivity index is 0.00000625. The molecule has 1 aliphatic heterocycles. The first-order chi connectivity index (χ1) is 11.7. The highest BCUT2D eigenvalue weighted by atomic mass is 127. The molecule has 26 heavy (non-hydrogen) atoms. The Kier molecular flexibility index (Phi) is 12.4. The van der Waals surface area contributed by atoms with Crippen LogP contribution in [0.4, 0.5) is 0 Å². The molecule has 1 atom stereocenters. The largest absolute Gasteiger partial charge is 0.356 e. The smallest absolute Gasteiger partial charge is 0.239 e. The Morgan fingerprint density at radius 3 is 2.19 bits per heavy atom. The van der Waals surface area contributed by atoms with Gasteiger partial charge < -0.3 is 25.8 Å². The molecule has 1 fully saturated rings. The summed E-state index contributed by atoms with van der Waals surface area (Å²) in [6, 6.07) is 0. The standard InChI is InChI=1S/C18H38N6O.HI/c1-7-23-8-10-24(11-9-23)14-15(2)12-20-17(19-6)21-13-16(25)22-18(3,4)5;/h15H,7-14H2,1-6H3,(H,22,25)(H2,19,20,21);1H. The van der Waals surface area contributed by atoms with Gasteiger partial charge in [-0.05, 0) is 33.2 Å². The number of rotatable bonds is 7. The van der Waals surface area contributed by atoms with Gasteiger partial charge in [-0.15, -0.1) is 24.0 Å². The molecule has 7 nitrogen and oxygen atoms in total. The lowest BCUT2D eigenvalue weighted by molar-refractivity contribution is -0.121. The van der Waals surface area contributed by atoms with E-state index < -0.39 is 0 Å². The number of carbonyl (C=O) groups is 1. The monoisotopic (exact) mass is 482 g/mol. The Hall–Kier alpha value is -0.610. The number of hydrogen-bond donors (Lipinski definition) is 3. The van der Waals surface area contributed by atoms with Crippen LogP contribution in [0.2, 0.25) is 0 Å². The fourth-order valence-electron chi connectivity index (χ4n) is 2.91. The van der Waals surface area contributed by atoms with E-state index in [1.807, 2.05) is 20.8 Å². The molecule has 0 aromatic rings. The zero-order chi connectivity index (χ0) is 18.9. The number of hydrogen-bond acceptors (Lipinski definition) is 4. The average molecular weight is 482 g/mol. The molecule has 0 aromatic heterocycles. The minimum Gasteiger partial charge on any atom is -0.356 e. The third kappa shape index (κ3) is 11.2.